The Bertz CT molecular complexity index is 377. The summed E-state index contributed by atoms with van der Waals surface area (Å²) in [6, 6.07) is -0.329. The highest BCUT2D eigenvalue weighted by molar-refractivity contribution is 7.91. The predicted molar refractivity (Wildman–Crippen MR) is 60.0 cm³/mol. The molecule has 0 bridgehead atoms. The van der Waals surface area contributed by atoms with Crippen molar-refractivity contribution in [1.29, 1.82) is 0 Å². The van der Waals surface area contributed by atoms with E-state index in [0.29, 0.717) is 0 Å². The number of hydrogen-bond donors (Lipinski definition) is 2. The first-order valence-electron chi connectivity index (χ1n) is 4.57. The third-order valence-corrected chi connectivity index (χ3v) is 2.84. The molecule has 7 nitrogen and oxygen atoms in total. The zero-order valence-electron chi connectivity index (χ0n) is 9.54. The molecule has 16 heavy (non-hydrogen) atoms. The number of hydrogen-bond acceptors (Lipinski definition) is 5. The highest BCUT2D eigenvalue weighted by Crippen LogP contribution is 2.02. The van der Waals surface area contributed by atoms with E-state index in [1.165, 1.54) is 11.9 Å². The van der Waals surface area contributed by atoms with Gasteiger partial charge in [-0.25, -0.2) is 8.42 Å². The molecule has 0 radical (unpaired) electrons. The Kier molecular flexibility index (Phi) is 5.22. The minimum absolute atomic E-state index is 0.00787. The van der Waals surface area contributed by atoms with Gasteiger partial charge >= 0.3 is 0 Å². The molecule has 0 aliphatic rings. The largest absolute Gasteiger partial charge is 0.409 e. The van der Waals surface area contributed by atoms with Crippen molar-refractivity contribution in [3.63, 3.8) is 0 Å². The SMILES string of the molecule is CC(CC(N)=NO)N(C)C(=O)CS(C)(=O)=O. The summed E-state index contributed by atoms with van der Waals surface area (Å²) in [5.41, 5.74) is 5.28. The van der Waals surface area contributed by atoms with Crippen molar-refractivity contribution in [2.24, 2.45) is 10.9 Å². The van der Waals surface area contributed by atoms with Gasteiger partial charge in [0.15, 0.2) is 9.84 Å². The van der Waals surface area contributed by atoms with Crippen LogP contribution in [0.25, 0.3) is 0 Å². The van der Waals surface area contributed by atoms with E-state index in [1.807, 2.05) is 0 Å². The molecule has 94 valence electrons. The monoisotopic (exact) mass is 251 g/mol. The predicted octanol–water partition coefficient (Wildman–Crippen LogP) is -0.986. The molecule has 1 atom stereocenters. The molecule has 0 aromatic carbocycles. The summed E-state index contributed by atoms with van der Waals surface area (Å²) in [4.78, 5) is 12.7. The molecule has 1 amide bonds. The Hall–Kier alpha value is -1.31. The molecule has 0 aliphatic carbocycles. The van der Waals surface area contributed by atoms with Crippen molar-refractivity contribution in [1.82, 2.24) is 4.90 Å². The second-order valence-corrected chi connectivity index (χ2v) is 5.86. The number of amides is 1. The van der Waals surface area contributed by atoms with Crippen LogP contribution in [0.5, 0.6) is 0 Å². The van der Waals surface area contributed by atoms with Crippen molar-refractivity contribution in [2.45, 2.75) is 19.4 Å². The average molecular weight is 251 g/mol. The zero-order valence-corrected chi connectivity index (χ0v) is 10.4. The fourth-order valence-electron chi connectivity index (χ4n) is 1.05. The number of nitrogens with two attached hydrogens (primary N) is 1. The normalized spacial score (nSPS) is 14.6. The van der Waals surface area contributed by atoms with Gasteiger partial charge in [-0.15, -0.1) is 0 Å². The summed E-state index contributed by atoms with van der Waals surface area (Å²) >= 11 is 0. The van der Waals surface area contributed by atoms with Crippen LogP contribution in [-0.2, 0) is 14.6 Å². The first kappa shape index (κ1) is 14.7. The van der Waals surface area contributed by atoms with Crippen LogP contribution in [0.15, 0.2) is 5.16 Å². The number of sulfone groups is 1. The van der Waals surface area contributed by atoms with Gasteiger partial charge in [0.2, 0.25) is 5.91 Å². The number of carbonyl (C=O) groups is 1. The molecule has 0 aromatic heterocycles. The topological polar surface area (TPSA) is 113 Å². The maximum absolute atomic E-state index is 11.5. The van der Waals surface area contributed by atoms with Crippen molar-refractivity contribution in [3.8, 4) is 0 Å². The summed E-state index contributed by atoms with van der Waals surface area (Å²) in [6.07, 6.45) is 1.18. The Morgan fingerprint density at radius 1 is 1.56 bits per heavy atom. The average Bonchev–Trinajstić information content (AvgIpc) is 2.13. The third kappa shape index (κ3) is 5.54. The van der Waals surface area contributed by atoms with Crippen LogP contribution in [0.3, 0.4) is 0 Å². The number of carbonyl (C=O) groups excluding carboxylic acids is 1. The van der Waals surface area contributed by atoms with E-state index in [0.717, 1.165) is 6.26 Å². The van der Waals surface area contributed by atoms with Gasteiger partial charge < -0.3 is 15.8 Å². The van der Waals surface area contributed by atoms with Crippen LogP contribution in [0, 0.1) is 0 Å². The van der Waals surface area contributed by atoms with Crippen LogP contribution in [0.4, 0.5) is 0 Å². The van der Waals surface area contributed by atoms with Crippen LogP contribution >= 0.6 is 0 Å². The van der Waals surface area contributed by atoms with E-state index in [9.17, 15) is 13.2 Å². The molecular formula is C8H17N3O4S. The smallest absolute Gasteiger partial charge is 0.237 e. The number of amidine groups is 1. The summed E-state index contributed by atoms with van der Waals surface area (Å²) in [5, 5.41) is 11.1. The maximum atomic E-state index is 11.5. The Morgan fingerprint density at radius 3 is 2.44 bits per heavy atom. The van der Waals surface area contributed by atoms with Gasteiger partial charge in [-0.2, -0.15) is 0 Å². The number of nitrogens with zero attached hydrogens (tertiary/aromatic N) is 2. The maximum Gasteiger partial charge on any atom is 0.237 e. The summed E-state index contributed by atoms with van der Waals surface area (Å²) in [7, 11) is -1.86. The first-order valence-corrected chi connectivity index (χ1v) is 6.63. The van der Waals surface area contributed by atoms with Gasteiger partial charge in [0.1, 0.15) is 11.6 Å². The molecule has 0 fully saturated rings. The van der Waals surface area contributed by atoms with Gasteiger partial charge in [-0.05, 0) is 6.92 Å². The standard InChI is InChI=1S/C8H17N3O4S/c1-6(4-7(9)10-13)11(2)8(12)5-16(3,14)15/h6,13H,4-5H2,1-3H3,(H2,9,10). The van der Waals surface area contributed by atoms with Crippen molar-refractivity contribution >= 4 is 21.6 Å². The Labute approximate surface area is 94.8 Å². The second kappa shape index (κ2) is 5.69. The Balaban J connectivity index is 4.44. The molecule has 0 spiro atoms. The molecule has 8 heteroatoms. The lowest BCUT2D eigenvalue weighted by atomic mass is 10.2. The number of oxime groups is 1. The molecule has 0 saturated carbocycles. The van der Waals surface area contributed by atoms with Crippen molar-refractivity contribution < 1.29 is 18.4 Å². The van der Waals surface area contributed by atoms with E-state index < -0.39 is 21.5 Å². The van der Waals surface area contributed by atoms with Crippen molar-refractivity contribution in [3.05, 3.63) is 0 Å². The molecule has 0 rings (SSSR count). The van der Waals surface area contributed by atoms with Crippen LogP contribution in [0.2, 0.25) is 0 Å². The summed E-state index contributed by atoms with van der Waals surface area (Å²) in [5.74, 6) is -1.06. The van der Waals surface area contributed by atoms with Crippen molar-refractivity contribution in [2.75, 3.05) is 19.1 Å². The fourth-order valence-corrected chi connectivity index (χ4v) is 1.70. The van der Waals surface area contributed by atoms with Crippen LogP contribution in [0.1, 0.15) is 13.3 Å². The van der Waals surface area contributed by atoms with Gasteiger partial charge in [-0.1, -0.05) is 5.16 Å². The Morgan fingerprint density at radius 2 is 2.06 bits per heavy atom. The third-order valence-electron chi connectivity index (χ3n) is 2.07. The van der Waals surface area contributed by atoms with Gasteiger partial charge in [0.05, 0.1) is 0 Å². The molecular weight excluding hydrogens is 234 g/mol. The minimum atomic E-state index is -3.34. The van der Waals surface area contributed by atoms with Crippen LogP contribution in [-0.4, -0.2) is 55.4 Å². The van der Waals surface area contributed by atoms with E-state index in [2.05, 4.69) is 5.16 Å². The van der Waals surface area contributed by atoms with Gasteiger partial charge in [0.25, 0.3) is 0 Å². The molecule has 0 aromatic rings. The summed E-state index contributed by atoms with van der Waals surface area (Å²) < 4.78 is 21.8. The molecule has 1 unspecified atom stereocenters. The fraction of sp³-hybridized carbons (Fsp3) is 0.750. The summed E-state index contributed by atoms with van der Waals surface area (Å²) in [6.45, 7) is 1.68. The lowest BCUT2D eigenvalue weighted by molar-refractivity contribution is -0.128. The lowest BCUT2D eigenvalue weighted by Gasteiger charge is -2.24. The minimum Gasteiger partial charge on any atom is -0.409 e. The quantitative estimate of drug-likeness (QED) is 0.282. The molecule has 3 N–H and O–H groups in total. The number of rotatable bonds is 5. The van der Waals surface area contributed by atoms with E-state index >= 15 is 0 Å². The molecule has 0 heterocycles. The van der Waals surface area contributed by atoms with E-state index in [-0.39, 0.29) is 18.3 Å². The molecule has 0 aliphatic heterocycles. The van der Waals surface area contributed by atoms with Gasteiger partial charge in [0, 0.05) is 25.8 Å². The van der Waals surface area contributed by atoms with Gasteiger partial charge in [-0.3, -0.25) is 4.79 Å². The van der Waals surface area contributed by atoms with E-state index in [4.69, 9.17) is 10.9 Å². The second-order valence-electron chi connectivity index (χ2n) is 3.72. The van der Waals surface area contributed by atoms with Crippen LogP contribution < -0.4 is 5.73 Å². The van der Waals surface area contributed by atoms with E-state index in [1.54, 1.807) is 6.92 Å². The highest BCUT2D eigenvalue weighted by atomic mass is 32.2. The molecule has 0 saturated heterocycles. The first-order chi connectivity index (χ1) is 7.17. The zero-order chi connectivity index (χ0) is 12.9. The highest BCUT2D eigenvalue weighted by Gasteiger charge is 2.20. The lowest BCUT2D eigenvalue weighted by Crippen LogP contribution is -2.40.